The van der Waals surface area contributed by atoms with E-state index < -0.39 is 0 Å². The predicted molar refractivity (Wildman–Crippen MR) is 142 cm³/mol. The second kappa shape index (κ2) is 11.0. The molecular formula is C30H30FN3O3. The van der Waals surface area contributed by atoms with E-state index in [1.165, 1.54) is 17.4 Å². The van der Waals surface area contributed by atoms with Gasteiger partial charge in [-0.15, -0.1) is 0 Å². The van der Waals surface area contributed by atoms with Crippen molar-refractivity contribution in [3.8, 4) is 5.75 Å². The number of likely N-dealkylation sites (N-methyl/N-ethyl adjacent to an activating group) is 1. The van der Waals surface area contributed by atoms with Gasteiger partial charge in [0.2, 0.25) is 0 Å². The third kappa shape index (κ3) is 5.42. The zero-order valence-corrected chi connectivity index (χ0v) is 20.8. The minimum Gasteiger partial charge on any atom is -0.449 e. The maximum atomic E-state index is 14.4. The molecule has 0 spiro atoms. The number of benzene rings is 3. The third-order valence-corrected chi connectivity index (χ3v) is 6.99. The average molecular weight is 500 g/mol. The standard InChI is InChI=1S/C30H30FN3O3/c1-2-33-17-7-9-24(33)19-32-29(35)22-15-13-21(14-16-22)18-28-30(36)34(20-23-8-3-4-10-25(23)31)26-11-5-6-12-27(26)37-28/h3-6,8,10-16,18,24H,2,7,9,17,19-20H2,1H3,(H,32,35)/b28-18-/t24-/m1/s1. The second-order valence-electron chi connectivity index (χ2n) is 9.32. The molecule has 1 fully saturated rings. The Bertz CT molecular complexity index is 1320. The highest BCUT2D eigenvalue weighted by Crippen LogP contribution is 2.36. The van der Waals surface area contributed by atoms with E-state index in [0.29, 0.717) is 35.2 Å². The van der Waals surface area contributed by atoms with Gasteiger partial charge in [0, 0.05) is 23.7 Å². The normalized spacial score (nSPS) is 18.5. The Morgan fingerprint density at radius 2 is 1.84 bits per heavy atom. The predicted octanol–water partition coefficient (Wildman–Crippen LogP) is 5.01. The Kier molecular flexibility index (Phi) is 7.32. The SMILES string of the molecule is CCN1CCC[C@@H]1CNC(=O)c1ccc(/C=C2\Oc3ccccc3N(Cc3ccccc3F)C2=O)cc1. The molecule has 1 N–H and O–H groups in total. The van der Waals surface area contributed by atoms with Crippen LogP contribution in [0.5, 0.6) is 5.75 Å². The summed E-state index contributed by atoms with van der Waals surface area (Å²) < 4.78 is 20.3. The maximum absolute atomic E-state index is 14.4. The molecule has 3 aromatic rings. The minimum atomic E-state index is -0.367. The quantitative estimate of drug-likeness (QED) is 0.465. The van der Waals surface area contributed by atoms with Gasteiger partial charge in [-0.25, -0.2) is 4.39 Å². The number of hydrogen-bond acceptors (Lipinski definition) is 4. The van der Waals surface area contributed by atoms with Gasteiger partial charge in [-0.1, -0.05) is 49.4 Å². The van der Waals surface area contributed by atoms with Gasteiger partial charge in [-0.2, -0.15) is 0 Å². The summed E-state index contributed by atoms with van der Waals surface area (Å²) in [5.74, 6) is -0.186. The van der Waals surface area contributed by atoms with Crippen LogP contribution in [0.3, 0.4) is 0 Å². The summed E-state index contributed by atoms with van der Waals surface area (Å²) in [5.41, 5.74) is 2.29. The van der Waals surface area contributed by atoms with Crippen molar-refractivity contribution in [2.45, 2.75) is 32.4 Å². The Morgan fingerprint density at radius 1 is 1.08 bits per heavy atom. The summed E-state index contributed by atoms with van der Waals surface area (Å²) in [5, 5.41) is 3.05. The Labute approximate surface area is 216 Å². The molecule has 2 heterocycles. The molecule has 0 bridgehead atoms. The first-order valence-electron chi connectivity index (χ1n) is 12.7. The van der Waals surface area contributed by atoms with Crippen LogP contribution in [0.25, 0.3) is 6.08 Å². The molecule has 2 aliphatic rings. The van der Waals surface area contributed by atoms with Gasteiger partial charge in [0.05, 0.1) is 12.2 Å². The van der Waals surface area contributed by atoms with Crippen LogP contribution in [0, 0.1) is 5.82 Å². The van der Waals surface area contributed by atoms with Crippen LogP contribution in [0.4, 0.5) is 10.1 Å². The van der Waals surface area contributed by atoms with Crippen LogP contribution in [-0.2, 0) is 11.3 Å². The first-order chi connectivity index (χ1) is 18.0. The van der Waals surface area contributed by atoms with Crippen molar-refractivity contribution in [3.63, 3.8) is 0 Å². The van der Waals surface area contributed by atoms with E-state index >= 15 is 0 Å². The average Bonchev–Trinajstić information content (AvgIpc) is 3.39. The number of nitrogens with zero attached hydrogens (tertiary/aromatic N) is 2. The van der Waals surface area contributed by atoms with Gasteiger partial charge >= 0.3 is 0 Å². The van der Waals surface area contributed by atoms with Crippen molar-refractivity contribution in [2.75, 3.05) is 24.5 Å². The smallest absolute Gasteiger partial charge is 0.294 e. The van der Waals surface area contributed by atoms with Gasteiger partial charge < -0.3 is 10.1 Å². The topological polar surface area (TPSA) is 61.9 Å². The number of fused-ring (bicyclic) bond motifs is 1. The number of amides is 2. The molecule has 3 aromatic carbocycles. The summed E-state index contributed by atoms with van der Waals surface area (Å²) in [6.07, 6.45) is 3.92. The molecule has 5 rings (SSSR count). The minimum absolute atomic E-state index is 0.0821. The van der Waals surface area contributed by atoms with E-state index in [1.54, 1.807) is 60.7 Å². The van der Waals surface area contributed by atoms with Gasteiger partial charge in [0.25, 0.3) is 11.8 Å². The fourth-order valence-corrected chi connectivity index (χ4v) is 4.95. The number of rotatable bonds is 7. The molecule has 1 atom stereocenters. The van der Waals surface area contributed by atoms with Crippen LogP contribution < -0.4 is 15.0 Å². The first kappa shape index (κ1) is 24.7. The molecule has 37 heavy (non-hydrogen) atoms. The molecule has 2 amide bonds. The summed E-state index contributed by atoms with van der Waals surface area (Å²) in [6.45, 7) is 4.94. The molecular weight excluding hydrogens is 469 g/mol. The highest BCUT2D eigenvalue weighted by atomic mass is 19.1. The third-order valence-electron chi connectivity index (χ3n) is 6.99. The van der Waals surface area contributed by atoms with E-state index in [1.807, 2.05) is 12.1 Å². The van der Waals surface area contributed by atoms with Crippen molar-refractivity contribution >= 4 is 23.6 Å². The van der Waals surface area contributed by atoms with Crippen molar-refractivity contribution < 1.29 is 18.7 Å². The van der Waals surface area contributed by atoms with Crippen LogP contribution in [0.2, 0.25) is 0 Å². The number of hydrogen-bond donors (Lipinski definition) is 1. The van der Waals surface area contributed by atoms with Gasteiger partial charge in [0.1, 0.15) is 5.82 Å². The molecule has 0 aromatic heterocycles. The molecule has 0 unspecified atom stereocenters. The molecule has 190 valence electrons. The molecule has 0 saturated carbocycles. The van der Waals surface area contributed by atoms with Crippen molar-refractivity contribution in [1.29, 1.82) is 0 Å². The fourth-order valence-electron chi connectivity index (χ4n) is 4.95. The Hall–Kier alpha value is -3.97. The summed E-state index contributed by atoms with van der Waals surface area (Å²) in [6, 6.07) is 21.1. The van der Waals surface area contributed by atoms with Crippen LogP contribution in [0.1, 0.15) is 41.3 Å². The number of carbonyl (C=O) groups excluding carboxylic acids is 2. The first-order valence-corrected chi connectivity index (χ1v) is 12.7. The summed E-state index contributed by atoms with van der Waals surface area (Å²) in [4.78, 5) is 30.0. The summed E-state index contributed by atoms with van der Waals surface area (Å²) in [7, 11) is 0. The molecule has 6 nitrogen and oxygen atoms in total. The lowest BCUT2D eigenvalue weighted by molar-refractivity contribution is -0.117. The summed E-state index contributed by atoms with van der Waals surface area (Å²) >= 11 is 0. The highest BCUT2D eigenvalue weighted by Gasteiger charge is 2.31. The lowest BCUT2D eigenvalue weighted by Crippen LogP contribution is -2.40. The van der Waals surface area contributed by atoms with E-state index in [0.717, 1.165) is 25.1 Å². The molecule has 1 saturated heterocycles. The Morgan fingerprint density at radius 3 is 2.62 bits per heavy atom. The second-order valence-corrected chi connectivity index (χ2v) is 9.32. The van der Waals surface area contributed by atoms with E-state index in [9.17, 15) is 14.0 Å². The van der Waals surface area contributed by atoms with E-state index in [4.69, 9.17) is 4.74 Å². The number of para-hydroxylation sites is 2. The molecule has 0 aliphatic carbocycles. The van der Waals surface area contributed by atoms with Crippen molar-refractivity contribution in [2.24, 2.45) is 0 Å². The van der Waals surface area contributed by atoms with Crippen LogP contribution in [-0.4, -0.2) is 42.4 Å². The van der Waals surface area contributed by atoms with Gasteiger partial charge in [-0.3, -0.25) is 19.4 Å². The number of anilines is 1. The zero-order chi connectivity index (χ0) is 25.8. The lowest BCUT2D eigenvalue weighted by atomic mass is 10.1. The van der Waals surface area contributed by atoms with Gasteiger partial charge in [0.15, 0.2) is 11.5 Å². The number of nitrogens with one attached hydrogen (secondary N) is 1. The van der Waals surface area contributed by atoms with Crippen LogP contribution >= 0.6 is 0 Å². The van der Waals surface area contributed by atoms with E-state index in [-0.39, 0.29) is 29.9 Å². The lowest BCUT2D eigenvalue weighted by Gasteiger charge is -2.30. The molecule has 2 aliphatic heterocycles. The van der Waals surface area contributed by atoms with Crippen LogP contribution in [0.15, 0.2) is 78.6 Å². The number of halogens is 1. The maximum Gasteiger partial charge on any atom is 0.294 e. The van der Waals surface area contributed by atoms with Crippen molar-refractivity contribution in [3.05, 3.63) is 101 Å². The Balaban J connectivity index is 1.32. The zero-order valence-electron chi connectivity index (χ0n) is 20.8. The highest BCUT2D eigenvalue weighted by molar-refractivity contribution is 6.09. The van der Waals surface area contributed by atoms with E-state index in [2.05, 4.69) is 17.1 Å². The monoisotopic (exact) mass is 499 g/mol. The van der Waals surface area contributed by atoms with Crippen molar-refractivity contribution in [1.82, 2.24) is 10.2 Å². The largest absolute Gasteiger partial charge is 0.449 e. The van der Waals surface area contributed by atoms with Gasteiger partial charge in [-0.05, 0) is 67.9 Å². The fraction of sp³-hybridized carbons (Fsp3) is 0.267. The number of likely N-dealkylation sites (tertiary alicyclic amines) is 1. The molecule has 7 heteroatoms. The molecule has 0 radical (unpaired) electrons. The number of ether oxygens (including phenoxy) is 1. The number of carbonyl (C=O) groups is 2.